The Morgan fingerprint density at radius 2 is 2.00 bits per heavy atom. The van der Waals surface area contributed by atoms with Gasteiger partial charge in [0.2, 0.25) is 0 Å². The highest BCUT2D eigenvalue weighted by molar-refractivity contribution is 6.35. The summed E-state index contributed by atoms with van der Waals surface area (Å²) in [7, 11) is 0. The molecule has 0 aliphatic carbocycles. The number of anilines is 1. The van der Waals surface area contributed by atoms with E-state index in [4.69, 9.17) is 28.9 Å². The summed E-state index contributed by atoms with van der Waals surface area (Å²) in [5.41, 5.74) is 9.40. The van der Waals surface area contributed by atoms with Gasteiger partial charge < -0.3 is 10.6 Å². The molecule has 1 aliphatic rings. The van der Waals surface area contributed by atoms with Crippen molar-refractivity contribution in [1.82, 2.24) is 4.90 Å². The number of nitrogens with two attached hydrogens (primary N) is 1. The van der Waals surface area contributed by atoms with Crippen LogP contribution in [-0.2, 0) is 13.0 Å². The number of halogens is 2. The van der Waals surface area contributed by atoms with Crippen LogP contribution in [-0.4, -0.2) is 17.4 Å². The minimum absolute atomic E-state index is 0.114. The van der Waals surface area contributed by atoms with Gasteiger partial charge in [0, 0.05) is 23.8 Å². The molecule has 0 saturated heterocycles. The molecule has 0 spiro atoms. The normalized spacial score (nSPS) is 13.9. The number of carbonyl (C=O) groups excluding carboxylic acids is 1. The second-order valence-electron chi connectivity index (χ2n) is 5.09. The highest BCUT2D eigenvalue weighted by atomic mass is 35.5. The number of rotatable bonds is 1. The fraction of sp³-hybridized carbons (Fsp3) is 0.188. The van der Waals surface area contributed by atoms with E-state index in [1.54, 1.807) is 23.1 Å². The van der Waals surface area contributed by atoms with Crippen LogP contribution >= 0.6 is 23.2 Å². The first-order chi connectivity index (χ1) is 10.1. The minimum atomic E-state index is -0.114. The third kappa shape index (κ3) is 2.71. The summed E-state index contributed by atoms with van der Waals surface area (Å²) in [6, 6.07) is 10.8. The summed E-state index contributed by atoms with van der Waals surface area (Å²) in [5.74, 6) is -0.114. The van der Waals surface area contributed by atoms with Gasteiger partial charge in [-0.3, -0.25) is 4.79 Å². The lowest BCUT2D eigenvalue weighted by Gasteiger charge is -2.30. The summed E-state index contributed by atoms with van der Waals surface area (Å²) in [5, 5.41) is 0.913. The van der Waals surface area contributed by atoms with E-state index in [0.717, 1.165) is 17.7 Å². The first kappa shape index (κ1) is 14.2. The lowest BCUT2D eigenvalue weighted by atomic mass is 9.97. The molecule has 0 aromatic heterocycles. The smallest absolute Gasteiger partial charge is 0.255 e. The van der Waals surface area contributed by atoms with Gasteiger partial charge in [-0.15, -0.1) is 0 Å². The Balaban J connectivity index is 1.91. The molecule has 108 valence electrons. The van der Waals surface area contributed by atoms with Crippen molar-refractivity contribution in [3.05, 3.63) is 63.1 Å². The Bertz CT molecular complexity index is 715. The molecule has 21 heavy (non-hydrogen) atoms. The molecule has 1 heterocycles. The van der Waals surface area contributed by atoms with Crippen LogP contribution in [0.2, 0.25) is 10.0 Å². The van der Waals surface area contributed by atoms with Gasteiger partial charge in [-0.2, -0.15) is 0 Å². The zero-order valence-corrected chi connectivity index (χ0v) is 12.8. The Kier molecular flexibility index (Phi) is 3.79. The average molecular weight is 321 g/mol. The molecular weight excluding hydrogens is 307 g/mol. The van der Waals surface area contributed by atoms with Crippen LogP contribution in [0.4, 0.5) is 5.69 Å². The molecule has 2 aromatic carbocycles. The van der Waals surface area contributed by atoms with Crippen molar-refractivity contribution in [2.45, 2.75) is 13.0 Å². The van der Waals surface area contributed by atoms with Crippen molar-refractivity contribution in [3.8, 4) is 0 Å². The minimum Gasteiger partial charge on any atom is -0.398 e. The maximum Gasteiger partial charge on any atom is 0.255 e. The van der Waals surface area contributed by atoms with Gasteiger partial charge in [-0.05, 0) is 41.8 Å². The molecule has 0 atom stereocenters. The molecule has 0 bridgehead atoms. The SMILES string of the molecule is Nc1cccc2c1CN(C(=O)c1cc(Cl)ccc1Cl)CC2. The monoisotopic (exact) mass is 320 g/mol. The Morgan fingerprint density at radius 1 is 1.19 bits per heavy atom. The van der Waals surface area contributed by atoms with E-state index in [1.165, 1.54) is 5.56 Å². The summed E-state index contributed by atoms with van der Waals surface area (Å²) in [6.07, 6.45) is 0.796. The molecule has 5 heteroatoms. The number of benzene rings is 2. The highest BCUT2D eigenvalue weighted by Gasteiger charge is 2.24. The van der Waals surface area contributed by atoms with Crippen LogP contribution in [0.25, 0.3) is 0 Å². The van der Waals surface area contributed by atoms with Crippen LogP contribution in [0.5, 0.6) is 0 Å². The fourth-order valence-electron chi connectivity index (χ4n) is 2.61. The van der Waals surface area contributed by atoms with E-state index in [1.807, 2.05) is 12.1 Å². The number of fused-ring (bicyclic) bond motifs is 1. The molecule has 1 amide bonds. The second-order valence-corrected chi connectivity index (χ2v) is 5.93. The van der Waals surface area contributed by atoms with E-state index < -0.39 is 0 Å². The van der Waals surface area contributed by atoms with Crippen molar-refractivity contribution < 1.29 is 4.79 Å². The van der Waals surface area contributed by atoms with Gasteiger partial charge in [-0.25, -0.2) is 0 Å². The van der Waals surface area contributed by atoms with Gasteiger partial charge in [0.25, 0.3) is 5.91 Å². The van der Waals surface area contributed by atoms with E-state index in [0.29, 0.717) is 28.7 Å². The molecule has 0 fully saturated rings. The number of hydrogen-bond donors (Lipinski definition) is 1. The molecule has 2 N–H and O–H groups in total. The molecule has 1 aliphatic heterocycles. The highest BCUT2D eigenvalue weighted by Crippen LogP contribution is 2.27. The van der Waals surface area contributed by atoms with Crippen molar-refractivity contribution in [1.29, 1.82) is 0 Å². The Labute approximate surface area is 133 Å². The Morgan fingerprint density at radius 3 is 2.81 bits per heavy atom. The average Bonchev–Trinajstić information content (AvgIpc) is 2.49. The fourth-order valence-corrected chi connectivity index (χ4v) is 2.98. The number of carbonyl (C=O) groups is 1. The first-order valence-corrected chi connectivity index (χ1v) is 7.42. The number of nitrogen functional groups attached to an aromatic ring is 1. The van der Waals surface area contributed by atoms with Crippen LogP contribution < -0.4 is 5.73 Å². The van der Waals surface area contributed by atoms with E-state index >= 15 is 0 Å². The topological polar surface area (TPSA) is 46.3 Å². The first-order valence-electron chi connectivity index (χ1n) is 6.67. The number of amides is 1. The van der Waals surface area contributed by atoms with E-state index in [2.05, 4.69) is 6.07 Å². The standard InChI is InChI=1S/C16H14Cl2N2O/c17-11-4-5-14(18)12(8-11)16(21)20-7-6-10-2-1-3-15(19)13(10)9-20/h1-5,8H,6-7,9,19H2. The zero-order chi connectivity index (χ0) is 15.0. The summed E-state index contributed by atoms with van der Waals surface area (Å²) < 4.78 is 0. The summed E-state index contributed by atoms with van der Waals surface area (Å²) in [6.45, 7) is 1.15. The maximum atomic E-state index is 12.6. The third-order valence-electron chi connectivity index (χ3n) is 3.76. The summed E-state index contributed by atoms with van der Waals surface area (Å²) >= 11 is 12.1. The van der Waals surface area contributed by atoms with Crippen molar-refractivity contribution in [2.24, 2.45) is 0 Å². The van der Waals surface area contributed by atoms with Crippen LogP contribution in [0.1, 0.15) is 21.5 Å². The zero-order valence-electron chi connectivity index (χ0n) is 11.3. The Hall–Kier alpha value is -1.71. The van der Waals surface area contributed by atoms with Gasteiger partial charge in [0.1, 0.15) is 0 Å². The molecule has 3 nitrogen and oxygen atoms in total. The number of nitrogens with zero attached hydrogens (tertiary/aromatic N) is 1. The maximum absolute atomic E-state index is 12.6. The van der Waals surface area contributed by atoms with Gasteiger partial charge in [0.15, 0.2) is 0 Å². The van der Waals surface area contributed by atoms with Crippen molar-refractivity contribution >= 4 is 34.8 Å². The van der Waals surface area contributed by atoms with Gasteiger partial charge >= 0.3 is 0 Å². The molecule has 2 aromatic rings. The molecular formula is C16H14Cl2N2O. The quantitative estimate of drug-likeness (QED) is 0.813. The van der Waals surface area contributed by atoms with Crippen molar-refractivity contribution in [3.63, 3.8) is 0 Å². The molecule has 3 rings (SSSR count). The lowest BCUT2D eigenvalue weighted by molar-refractivity contribution is 0.0735. The third-order valence-corrected chi connectivity index (χ3v) is 4.32. The molecule has 0 unspecified atom stereocenters. The van der Waals surface area contributed by atoms with Crippen LogP contribution in [0.3, 0.4) is 0 Å². The van der Waals surface area contributed by atoms with Crippen molar-refractivity contribution in [2.75, 3.05) is 12.3 Å². The predicted molar refractivity (Wildman–Crippen MR) is 85.8 cm³/mol. The van der Waals surface area contributed by atoms with E-state index in [9.17, 15) is 4.79 Å². The predicted octanol–water partition coefficient (Wildman–Crippen LogP) is 3.77. The summed E-state index contributed by atoms with van der Waals surface area (Å²) in [4.78, 5) is 14.4. The van der Waals surface area contributed by atoms with Gasteiger partial charge in [0.05, 0.1) is 10.6 Å². The second kappa shape index (κ2) is 5.58. The van der Waals surface area contributed by atoms with Crippen LogP contribution in [0, 0.1) is 0 Å². The molecule has 0 saturated carbocycles. The molecule has 0 radical (unpaired) electrons. The lowest BCUT2D eigenvalue weighted by Crippen LogP contribution is -2.36. The largest absolute Gasteiger partial charge is 0.398 e. The number of hydrogen-bond acceptors (Lipinski definition) is 2. The van der Waals surface area contributed by atoms with Crippen LogP contribution in [0.15, 0.2) is 36.4 Å². The van der Waals surface area contributed by atoms with Gasteiger partial charge in [-0.1, -0.05) is 35.3 Å². The van der Waals surface area contributed by atoms with E-state index in [-0.39, 0.29) is 5.91 Å².